The number of anilines is 1. The van der Waals surface area contributed by atoms with Crippen molar-refractivity contribution >= 4 is 37.5 Å². The van der Waals surface area contributed by atoms with Crippen LogP contribution >= 0.6 is 15.9 Å². The standard InChI is InChI=1S/C9H12BrN3O4S/c10-6-3-5(1-2-7(6)11)18(16,17)13-4-8(14)9(12)15/h1-3,8,13-14H,4,11H2,(H2,12,15). The van der Waals surface area contributed by atoms with Crippen LogP contribution in [0.25, 0.3) is 0 Å². The molecular weight excluding hydrogens is 326 g/mol. The van der Waals surface area contributed by atoms with E-state index in [2.05, 4.69) is 20.7 Å². The Morgan fingerprint density at radius 3 is 2.61 bits per heavy atom. The van der Waals surface area contributed by atoms with Gasteiger partial charge in [0.15, 0.2) is 0 Å². The van der Waals surface area contributed by atoms with Crippen LogP contribution in [-0.4, -0.2) is 32.1 Å². The molecule has 0 fully saturated rings. The molecule has 7 nitrogen and oxygen atoms in total. The number of carbonyl (C=O) groups excluding carboxylic acids is 1. The number of halogens is 1. The molecule has 0 spiro atoms. The Morgan fingerprint density at radius 2 is 2.11 bits per heavy atom. The number of amides is 1. The minimum atomic E-state index is -3.83. The molecule has 1 aromatic carbocycles. The van der Waals surface area contributed by atoms with Crippen LogP contribution in [0.2, 0.25) is 0 Å². The topological polar surface area (TPSA) is 136 Å². The van der Waals surface area contributed by atoms with Gasteiger partial charge in [0.2, 0.25) is 15.9 Å². The first-order chi connectivity index (χ1) is 8.24. The lowest BCUT2D eigenvalue weighted by Crippen LogP contribution is -2.39. The molecule has 6 N–H and O–H groups in total. The Kier molecular flexibility index (Phi) is 4.68. The highest BCUT2D eigenvalue weighted by Crippen LogP contribution is 2.22. The third-order valence-corrected chi connectivity index (χ3v) is 4.19. The summed E-state index contributed by atoms with van der Waals surface area (Å²) in [6, 6.07) is 4.04. The second kappa shape index (κ2) is 5.65. The van der Waals surface area contributed by atoms with E-state index >= 15 is 0 Å². The smallest absolute Gasteiger partial charge is 0.247 e. The summed E-state index contributed by atoms with van der Waals surface area (Å²) in [5.74, 6) is -1.00. The molecule has 0 aliphatic carbocycles. The second-order valence-corrected chi connectivity index (χ2v) is 6.07. The maximum absolute atomic E-state index is 11.8. The molecule has 0 aliphatic rings. The number of primary amides is 1. The molecule has 0 radical (unpaired) electrons. The first-order valence-corrected chi connectivity index (χ1v) is 7.03. The number of benzene rings is 1. The van der Waals surface area contributed by atoms with Crippen LogP contribution in [0.5, 0.6) is 0 Å². The number of hydrogen-bond donors (Lipinski definition) is 4. The maximum atomic E-state index is 11.8. The van der Waals surface area contributed by atoms with Crippen LogP contribution in [0.15, 0.2) is 27.6 Å². The molecule has 0 aromatic heterocycles. The SMILES string of the molecule is NC(=O)C(O)CNS(=O)(=O)c1ccc(N)c(Br)c1. The summed E-state index contributed by atoms with van der Waals surface area (Å²) in [6.07, 6.45) is -1.57. The normalized spacial score (nSPS) is 13.2. The Hall–Kier alpha value is -1.16. The molecule has 100 valence electrons. The molecule has 0 heterocycles. The predicted molar refractivity (Wildman–Crippen MR) is 68.9 cm³/mol. The Balaban J connectivity index is 2.87. The first-order valence-electron chi connectivity index (χ1n) is 4.76. The molecule has 9 heteroatoms. The van der Waals surface area contributed by atoms with E-state index in [1.807, 2.05) is 0 Å². The Morgan fingerprint density at radius 1 is 1.50 bits per heavy atom. The van der Waals surface area contributed by atoms with Gasteiger partial charge in [-0.2, -0.15) is 0 Å². The van der Waals surface area contributed by atoms with Gasteiger partial charge in [0.05, 0.1) is 4.90 Å². The van der Waals surface area contributed by atoms with Crippen molar-refractivity contribution in [2.24, 2.45) is 5.73 Å². The minimum Gasteiger partial charge on any atom is -0.398 e. The summed E-state index contributed by atoms with van der Waals surface area (Å²) in [6.45, 7) is -0.486. The number of hydrogen-bond acceptors (Lipinski definition) is 5. The monoisotopic (exact) mass is 337 g/mol. The fraction of sp³-hybridized carbons (Fsp3) is 0.222. The summed E-state index contributed by atoms with van der Waals surface area (Å²) >= 11 is 3.10. The molecule has 1 amide bonds. The number of nitrogens with two attached hydrogens (primary N) is 2. The molecule has 1 unspecified atom stereocenters. The van der Waals surface area contributed by atoms with Crippen molar-refractivity contribution < 1.29 is 18.3 Å². The zero-order chi connectivity index (χ0) is 13.9. The van der Waals surface area contributed by atoms with Crippen LogP contribution in [0, 0.1) is 0 Å². The second-order valence-electron chi connectivity index (χ2n) is 3.45. The molecule has 0 saturated carbocycles. The van der Waals surface area contributed by atoms with E-state index in [1.54, 1.807) is 0 Å². The molecule has 0 bridgehead atoms. The molecular formula is C9H12BrN3O4S. The van der Waals surface area contributed by atoms with E-state index < -0.39 is 28.6 Å². The van der Waals surface area contributed by atoms with Crippen LogP contribution in [-0.2, 0) is 14.8 Å². The van der Waals surface area contributed by atoms with Crippen LogP contribution in [0.4, 0.5) is 5.69 Å². The molecule has 1 aromatic rings. The number of sulfonamides is 1. The maximum Gasteiger partial charge on any atom is 0.247 e. The fourth-order valence-corrected chi connectivity index (χ4v) is 2.64. The highest BCUT2D eigenvalue weighted by Gasteiger charge is 2.18. The van der Waals surface area contributed by atoms with Gasteiger partial charge in [0.25, 0.3) is 0 Å². The highest BCUT2D eigenvalue weighted by atomic mass is 79.9. The lowest BCUT2D eigenvalue weighted by molar-refractivity contribution is -0.125. The van der Waals surface area contributed by atoms with Gasteiger partial charge in [-0.1, -0.05) is 0 Å². The number of aliphatic hydroxyl groups is 1. The zero-order valence-corrected chi connectivity index (χ0v) is 11.5. The van der Waals surface area contributed by atoms with Crippen molar-refractivity contribution in [1.29, 1.82) is 0 Å². The number of aliphatic hydroxyl groups excluding tert-OH is 1. The quantitative estimate of drug-likeness (QED) is 0.519. The average Bonchev–Trinajstić information content (AvgIpc) is 2.29. The van der Waals surface area contributed by atoms with E-state index in [0.717, 1.165) is 0 Å². The highest BCUT2D eigenvalue weighted by molar-refractivity contribution is 9.10. The number of carbonyl (C=O) groups is 1. The first kappa shape index (κ1) is 14.9. The molecule has 1 rings (SSSR count). The van der Waals surface area contributed by atoms with E-state index in [0.29, 0.717) is 10.2 Å². The van der Waals surface area contributed by atoms with Crippen molar-refractivity contribution in [3.05, 3.63) is 22.7 Å². The van der Waals surface area contributed by atoms with E-state index in [9.17, 15) is 13.2 Å². The van der Waals surface area contributed by atoms with Crippen molar-refractivity contribution in [2.45, 2.75) is 11.0 Å². The summed E-state index contributed by atoms with van der Waals surface area (Å²) in [5, 5.41) is 9.10. The van der Waals surface area contributed by atoms with Gasteiger partial charge in [-0.25, -0.2) is 13.1 Å². The van der Waals surface area contributed by atoms with E-state index in [1.165, 1.54) is 18.2 Å². The van der Waals surface area contributed by atoms with Gasteiger partial charge in [0, 0.05) is 16.7 Å². The van der Waals surface area contributed by atoms with E-state index in [4.69, 9.17) is 16.6 Å². The summed E-state index contributed by atoms with van der Waals surface area (Å²) in [7, 11) is -3.83. The van der Waals surface area contributed by atoms with Gasteiger partial charge in [-0.05, 0) is 34.1 Å². The Labute approximate surface area is 112 Å². The van der Waals surface area contributed by atoms with Gasteiger partial charge in [0.1, 0.15) is 6.10 Å². The number of nitrogen functional groups attached to an aromatic ring is 1. The third kappa shape index (κ3) is 3.67. The lowest BCUT2D eigenvalue weighted by Gasteiger charge is -2.10. The third-order valence-electron chi connectivity index (χ3n) is 2.08. The predicted octanol–water partition coefficient (Wildman–Crippen LogP) is -0.844. The Bertz CT molecular complexity index is 561. The van der Waals surface area contributed by atoms with Crippen molar-refractivity contribution in [1.82, 2.24) is 4.72 Å². The van der Waals surface area contributed by atoms with Crippen molar-refractivity contribution in [3.8, 4) is 0 Å². The average molecular weight is 338 g/mol. The number of nitrogens with one attached hydrogen (secondary N) is 1. The van der Waals surface area contributed by atoms with E-state index in [-0.39, 0.29) is 4.90 Å². The van der Waals surface area contributed by atoms with Gasteiger partial charge in [-0.15, -0.1) is 0 Å². The minimum absolute atomic E-state index is 0.0414. The van der Waals surface area contributed by atoms with Crippen LogP contribution in [0.3, 0.4) is 0 Å². The molecule has 0 aliphatic heterocycles. The van der Waals surface area contributed by atoms with Gasteiger partial charge >= 0.3 is 0 Å². The fourth-order valence-electron chi connectivity index (χ4n) is 1.05. The zero-order valence-electron chi connectivity index (χ0n) is 9.13. The summed E-state index contributed by atoms with van der Waals surface area (Å²) in [5.41, 5.74) is 10.7. The molecule has 18 heavy (non-hydrogen) atoms. The van der Waals surface area contributed by atoms with Crippen molar-refractivity contribution in [2.75, 3.05) is 12.3 Å². The summed E-state index contributed by atoms with van der Waals surface area (Å²) in [4.78, 5) is 10.5. The lowest BCUT2D eigenvalue weighted by atomic mass is 10.3. The summed E-state index contributed by atoms with van der Waals surface area (Å²) < 4.78 is 26.1. The van der Waals surface area contributed by atoms with Crippen LogP contribution in [0.1, 0.15) is 0 Å². The van der Waals surface area contributed by atoms with Gasteiger partial charge in [-0.3, -0.25) is 4.79 Å². The molecule has 0 saturated heterocycles. The largest absolute Gasteiger partial charge is 0.398 e. The van der Waals surface area contributed by atoms with Crippen molar-refractivity contribution in [3.63, 3.8) is 0 Å². The molecule has 1 atom stereocenters. The number of rotatable bonds is 5. The van der Waals surface area contributed by atoms with Crippen LogP contribution < -0.4 is 16.2 Å². The van der Waals surface area contributed by atoms with Gasteiger partial charge < -0.3 is 16.6 Å².